The van der Waals surface area contributed by atoms with Crippen molar-refractivity contribution < 1.29 is 14.3 Å². The van der Waals surface area contributed by atoms with Gasteiger partial charge >= 0.3 is 0 Å². The van der Waals surface area contributed by atoms with E-state index < -0.39 is 11.9 Å². The molecule has 2 N–H and O–H groups in total. The van der Waals surface area contributed by atoms with Crippen LogP contribution in [0.15, 0.2) is 73.1 Å². The molecule has 0 aliphatic carbocycles. The third-order valence-corrected chi connectivity index (χ3v) is 6.92. The summed E-state index contributed by atoms with van der Waals surface area (Å²) in [4.78, 5) is 19.6. The Morgan fingerprint density at radius 2 is 1.89 bits per heavy atom. The molecule has 6 rings (SSSR count). The number of aromatic nitrogens is 4. The van der Waals surface area contributed by atoms with Crippen molar-refractivity contribution in [1.82, 2.24) is 24.6 Å². The van der Waals surface area contributed by atoms with Crippen LogP contribution in [0.2, 0.25) is 5.02 Å². The van der Waals surface area contributed by atoms with Gasteiger partial charge in [0.2, 0.25) is 0 Å². The van der Waals surface area contributed by atoms with Gasteiger partial charge < -0.3 is 14.6 Å². The summed E-state index contributed by atoms with van der Waals surface area (Å²) in [5, 5.41) is 18.4. The Hall–Kier alpha value is -4.01. The quantitative estimate of drug-likeness (QED) is 0.352. The predicted octanol–water partition coefficient (Wildman–Crippen LogP) is 5.08. The highest BCUT2D eigenvalue weighted by Crippen LogP contribution is 2.33. The standard InChI is InChI=1S/C27H21ClFN5O2/c28-21-11-17(6-7-22(21)29)24(15-35)34-9-8-33-14-19(12-23(33)27(34)36)25-20-10-18(13-30-26(20)32-31-25)16-4-2-1-3-5-16/h1-7,10-14,24,35H,8-9,15H2,(H,30,31,32)/t24-/m1/s1. The number of amides is 1. The molecule has 0 radical (unpaired) electrons. The number of H-pyrrole nitrogens is 1. The average molecular weight is 502 g/mol. The number of halogens is 2. The third-order valence-electron chi connectivity index (χ3n) is 6.63. The smallest absolute Gasteiger partial charge is 0.271 e. The number of pyridine rings is 1. The molecule has 3 aromatic heterocycles. The van der Waals surface area contributed by atoms with Crippen molar-refractivity contribution in [3.8, 4) is 22.4 Å². The molecule has 180 valence electrons. The maximum atomic E-state index is 13.7. The number of benzene rings is 2. The maximum absolute atomic E-state index is 13.7. The van der Waals surface area contributed by atoms with Gasteiger partial charge in [-0.05, 0) is 35.4 Å². The van der Waals surface area contributed by atoms with Gasteiger partial charge in [0.05, 0.1) is 17.7 Å². The summed E-state index contributed by atoms with van der Waals surface area (Å²) >= 11 is 5.95. The number of aliphatic hydroxyl groups excluding tert-OH is 1. The molecule has 0 unspecified atom stereocenters. The zero-order valence-corrected chi connectivity index (χ0v) is 19.8. The summed E-state index contributed by atoms with van der Waals surface area (Å²) in [6.45, 7) is 0.628. The van der Waals surface area contributed by atoms with Crippen LogP contribution in [0, 0.1) is 5.82 Å². The Labute approximate surface area is 210 Å². The zero-order valence-electron chi connectivity index (χ0n) is 19.0. The largest absolute Gasteiger partial charge is 0.394 e. The molecule has 0 spiro atoms. The van der Waals surface area contributed by atoms with Crippen LogP contribution in [-0.4, -0.2) is 48.8 Å². The average Bonchev–Trinajstić information content (AvgIpc) is 3.52. The van der Waals surface area contributed by atoms with Crippen LogP contribution in [-0.2, 0) is 6.54 Å². The molecule has 5 aromatic rings. The second kappa shape index (κ2) is 8.89. The van der Waals surface area contributed by atoms with Gasteiger partial charge in [-0.25, -0.2) is 9.37 Å². The molecule has 0 saturated heterocycles. The van der Waals surface area contributed by atoms with E-state index in [-0.39, 0.29) is 17.5 Å². The van der Waals surface area contributed by atoms with Gasteiger partial charge in [-0.15, -0.1) is 0 Å². The van der Waals surface area contributed by atoms with Crippen molar-refractivity contribution in [2.75, 3.05) is 13.2 Å². The Morgan fingerprint density at radius 3 is 2.67 bits per heavy atom. The molecule has 0 bridgehead atoms. The number of fused-ring (bicyclic) bond motifs is 2. The molecule has 36 heavy (non-hydrogen) atoms. The molecule has 1 aliphatic heterocycles. The van der Waals surface area contributed by atoms with E-state index in [1.165, 1.54) is 12.1 Å². The number of hydrogen-bond donors (Lipinski definition) is 2. The molecule has 0 fully saturated rings. The maximum Gasteiger partial charge on any atom is 0.271 e. The van der Waals surface area contributed by atoms with Crippen molar-refractivity contribution >= 4 is 28.5 Å². The van der Waals surface area contributed by atoms with Gasteiger partial charge in [0.15, 0.2) is 5.65 Å². The fourth-order valence-corrected chi connectivity index (χ4v) is 4.97. The van der Waals surface area contributed by atoms with E-state index in [9.17, 15) is 14.3 Å². The molecule has 9 heteroatoms. The summed E-state index contributed by atoms with van der Waals surface area (Å²) < 4.78 is 15.6. The topological polar surface area (TPSA) is 87.0 Å². The highest BCUT2D eigenvalue weighted by Gasteiger charge is 2.32. The number of carbonyl (C=O) groups is 1. The highest BCUT2D eigenvalue weighted by molar-refractivity contribution is 6.30. The van der Waals surface area contributed by atoms with Gasteiger partial charge in [0.25, 0.3) is 5.91 Å². The summed E-state index contributed by atoms with van der Waals surface area (Å²) in [5.41, 5.74) is 5.26. The van der Waals surface area contributed by atoms with E-state index in [2.05, 4.69) is 15.2 Å². The zero-order chi connectivity index (χ0) is 24.8. The minimum absolute atomic E-state index is 0.0463. The molecule has 2 aromatic carbocycles. The van der Waals surface area contributed by atoms with Crippen LogP contribution < -0.4 is 0 Å². The van der Waals surface area contributed by atoms with Crippen molar-refractivity contribution in [2.45, 2.75) is 12.6 Å². The first-order valence-electron chi connectivity index (χ1n) is 11.5. The minimum atomic E-state index is -0.633. The number of carbonyl (C=O) groups excluding carboxylic acids is 1. The van der Waals surface area contributed by atoms with Crippen molar-refractivity contribution in [2.24, 2.45) is 0 Å². The normalized spacial score (nSPS) is 14.3. The first kappa shape index (κ1) is 22.5. The van der Waals surface area contributed by atoms with E-state index in [1.807, 2.05) is 59.4 Å². The molecular formula is C27H21ClFN5O2. The second-order valence-electron chi connectivity index (χ2n) is 8.74. The summed E-state index contributed by atoms with van der Waals surface area (Å²) in [7, 11) is 0. The van der Waals surface area contributed by atoms with Crippen LogP contribution in [0.1, 0.15) is 22.1 Å². The lowest BCUT2D eigenvalue weighted by molar-refractivity contribution is 0.0526. The van der Waals surface area contributed by atoms with Crippen LogP contribution >= 0.6 is 11.6 Å². The Bertz CT molecular complexity index is 1600. The number of hydrogen-bond acceptors (Lipinski definition) is 4. The van der Waals surface area contributed by atoms with Gasteiger partial charge in [0, 0.05) is 42.0 Å². The SMILES string of the molecule is O=C1c2cc(-c3n[nH]c4ncc(-c5ccccc5)cc34)cn2CCN1[C@H](CO)c1ccc(F)c(Cl)c1. The Morgan fingerprint density at radius 1 is 1.06 bits per heavy atom. The summed E-state index contributed by atoms with van der Waals surface area (Å²) in [6, 6.07) is 17.4. The van der Waals surface area contributed by atoms with E-state index in [0.29, 0.717) is 35.7 Å². The number of nitrogens with one attached hydrogen (secondary N) is 1. The van der Waals surface area contributed by atoms with Crippen LogP contribution in [0.25, 0.3) is 33.4 Å². The molecule has 7 nitrogen and oxygen atoms in total. The van der Waals surface area contributed by atoms with Gasteiger partial charge in [0.1, 0.15) is 17.2 Å². The third kappa shape index (κ3) is 3.75. The van der Waals surface area contributed by atoms with Crippen LogP contribution in [0.5, 0.6) is 0 Å². The monoisotopic (exact) mass is 501 g/mol. The second-order valence-corrected chi connectivity index (χ2v) is 9.14. The lowest BCUT2D eigenvalue weighted by atomic mass is 10.0. The molecule has 1 aliphatic rings. The lowest BCUT2D eigenvalue weighted by Crippen LogP contribution is -2.43. The van der Waals surface area contributed by atoms with E-state index in [4.69, 9.17) is 11.6 Å². The van der Waals surface area contributed by atoms with E-state index in [1.54, 1.807) is 11.0 Å². The van der Waals surface area contributed by atoms with Crippen molar-refractivity contribution in [3.63, 3.8) is 0 Å². The van der Waals surface area contributed by atoms with Crippen LogP contribution in [0.3, 0.4) is 0 Å². The Balaban J connectivity index is 1.35. The summed E-state index contributed by atoms with van der Waals surface area (Å²) in [5.74, 6) is -0.772. The molecule has 0 saturated carbocycles. The van der Waals surface area contributed by atoms with Gasteiger partial charge in [-0.2, -0.15) is 5.10 Å². The molecular weight excluding hydrogens is 481 g/mol. The number of nitrogens with zero attached hydrogens (tertiary/aromatic N) is 4. The summed E-state index contributed by atoms with van der Waals surface area (Å²) in [6.07, 6.45) is 3.72. The first-order chi connectivity index (χ1) is 17.5. The first-order valence-corrected chi connectivity index (χ1v) is 11.9. The number of aromatic amines is 1. The lowest BCUT2D eigenvalue weighted by Gasteiger charge is -2.34. The van der Waals surface area contributed by atoms with Gasteiger partial charge in [-0.1, -0.05) is 48.0 Å². The molecule has 1 amide bonds. The molecule has 1 atom stereocenters. The number of aliphatic hydroxyl groups is 1. The fraction of sp³-hybridized carbons (Fsp3) is 0.148. The van der Waals surface area contributed by atoms with Crippen molar-refractivity contribution in [1.29, 1.82) is 0 Å². The number of rotatable bonds is 5. The molecule has 4 heterocycles. The fourth-order valence-electron chi connectivity index (χ4n) is 4.78. The van der Waals surface area contributed by atoms with Crippen LogP contribution in [0.4, 0.5) is 4.39 Å². The van der Waals surface area contributed by atoms with Gasteiger partial charge in [-0.3, -0.25) is 9.89 Å². The van der Waals surface area contributed by atoms with Crippen molar-refractivity contribution in [3.05, 3.63) is 95.2 Å². The van der Waals surface area contributed by atoms with E-state index >= 15 is 0 Å². The van der Waals surface area contributed by atoms with E-state index in [0.717, 1.165) is 22.1 Å². The highest BCUT2D eigenvalue weighted by atomic mass is 35.5. The Kier molecular flexibility index (Phi) is 5.55. The predicted molar refractivity (Wildman–Crippen MR) is 135 cm³/mol. The minimum Gasteiger partial charge on any atom is -0.394 e.